The Morgan fingerprint density at radius 3 is 1.97 bits per heavy atom. The maximum Gasteiger partial charge on any atom is 0.136 e. The number of fused-ring (bicyclic) bond motifs is 14. The zero-order valence-corrected chi connectivity index (χ0v) is 34.1. The Balaban J connectivity index is 1.05. The summed E-state index contributed by atoms with van der Waals surface area (Å²) < 4.78 is 6.40. The zero-order valence-electron chi connectivity index (χ0n) is 34.1. The monoisotopic (exact) mass is 771 g/mol. The topological polar surface area (TPSA) is 16.4 Å². The summed E-state index contributed by atoms with van der Waals surface area (Å²) in [7, 11) is 0. The van der Waals surface area contributed by atoms with Crippen LogP contribution in [-0.4, -0.2) is 0 Å². The van der Waals surface area contributed by atoms with Crippen LogP contribution in [-0.2, 0) is 10.8 Å². The van der Waals surface area contributed by atoms with E-state index >= 15 is 0 Å². The van der Waals surface area contributed by atoms with Gasteiger partial charge in [-0.15, -0.1) is 0 Å². The van der Waals surface area contributed by atoms with E-state index in [9.17, 15) is 0 Å². The third-order valence-corrected chi connectivity index (χ3v) is 15.1. The average Bonchev–Trinajstić information content (AvgIpc) is 4.11. The maximum absolute atomic E-state index is 6.40. The van der Waals surface area contributed by atoms with Gasteiger partial charge in [-0.3, -0.25) is 0 Å². The maximum atomic E-state index is 6.40. The van der Waals surface area contributed by atoms with Crippen molar-refractivity contribution in [2.45, 2.75) is 50.4 Å². The van der Waals surface area contributed by atoms with Gasteiger partial charge >= 0.3 is 0 Å². The summed E-state index contributed by atoms with van der Waals surface area (Å²) in [4.78, 5) is 2.56. The van der Waals surface area contributed by atoms with E-state index in [2.05, 4.69) is 195 Å². The molecule has 1 aromatic heterocycles. The van der Waals surface area contributed by atoms with E-state index < -0.39 is 0 Å². The Kier molecular flexibility index (Phi) is 7.10. The summed E-state index contributed by atoms with van der Waals surface area (Å²) >= 11 is 0. The number of furan rings is 1. The molecule has 8 aromatic carbocycles. The molecule has 4 aliphatic rings. The first-order valence-electron chi connectivity index (χ1n) is 21.9. The van der Waals surface area contributed by atoms with Gasteiger partial charge in [-0.1, -0.05) is 154 Å². The molecule has 2 saturated carbocycles. The molecule has 288 valence electrons. The third kappa shape index (κ3) is 4.60. The summed E-state index contributed by atoms with van der Waals surface area (Å²) in [5.74, 6) is 1.49. The van der Waals surface area contributed by atoms with E-state index in [1.165, 1.54) is 98.3 Å². The molecule has 60 heavy (non-hydrogen) atoms. The molecular formula is C58H45NO. The van der Waals surface area contributed by atoms with Gasteiger partial charge in [0.2, 0.25) is 0 Å². The van der Waals surface area contributed by atoms with Crippen LogP contribution in [0.2, 0.25) is 0 Å². The predicted octanol–water partition coefficient (Wildman–Crippen LogP) is 15.8. The van der Waals surface area contributed by atoms with Crippen LogP contribution < -0.4 is 4.90 Å². The lowest BCUT2D eigenvalue weighted by atomic mass is 9.67. The lowest BCUT2D eigenvalue weighted by molar-refractivity contribution is 0.327. The minimum absolute atomic E-state index is 0.0753. The second kappa shape index (κ2) is 12.4. The second-order valence-electron chi connectivity index (χ2n) is 18.4. The Bertz CT molecular complexity index is 3240. The van der Waals surface area contributed by atoms with Gasteiger partial charge in [-0.05, 0) is 135 Å². The Labute approximate surface area is 351 Å². The van der Waals surface area contributed by atoms with Crippen molar-refractivity contribution < 1.29 is 4.42 Å². The van der Waals surface area contributed by atoms with Gasteiger partial charge in [-0.25, -0.2) is 0 Å². The highest BCUT2D eigenvalue weighted by Gasteiger charge is 2.56. The first-order valence-corrected chi connectivity index (χ1v) is 21.9. The minimum atomic E-state index is -0.153. The van der Waals surface area contributed by atoms with Crippen LogP contribution in [0.25, 0.3) is 66.4 Å². The summed E-state index contributed by atoms with van der Waals surface area (Å²) in [6.07, 6.45) is 5.29. The van der Waals surface area contributed by atoms with Crippen LogP contribution in [0.5, 0.6) is 0 Å². The van der Waals surface area contributed by atoms with Gasteiger partial charge in [-0.2, -0.15) is 0 Å². The Hall–Kier alpha value is -6.64. The fraction of sp³-hybridized carbons (Fsp3) is 0.172. The number of rotatable bonds is 5. The van der Waals surface area contributed by atoms with Crippen molar-refractivity contribution in [2.75, 3.05) is 4.90 Å². The highest BCUT2D eigenvalue weighted by atomic mass is 16.3. The molecule has 0 N–H and O–H groups in total. The standard InChI is InChI=1S/C58H45NO/c1-57(2)49-23-7-3-17-43(49)46-21-12-22-47(56(46)57)45-18-5-9-25-52(45)59(39-15-11-14-37(33-39)41-20-13-27-54-55(41)48-19-6-10-26-53(48)60-54)40-30-31-44-42-16-4-8-24-50(42)58(51(44)34-40)35-36-28-29-38(58)32-36/h3-27,30-31,33-34,36,38H,28-29,32,35H2,1-2H3. The van der Waals surface area contributed by atoms with Crippen LogP contribution in [0.15, 0.2) is 180 Å². The van der Waals surface area contributed by atoms with Gasteiger partial charge < -0.3 is 9.32 Å². The SMILES string of the molecule is CC1(C)c2ccccc2-c2cccc(-c3ccccc3N(c3cccc(-c4cccc5oc6ccccc6c45)c3)c3ccc4c(c3)C3(CC5CCC3C5)c3ccccc3-4)c21. The molecule has 1 heterocycles. The molecule has 2 bridgehead atoms. The van der Waals surface area contributed by atoms with Crippen LogP contribution in [0.4, 0.5) is 17.1 Å². The summed E-state index contributed by atoms with van der Waals surface area (Å²) in [5.41, 5.74) is 21.6. The first-order chi connectivity index (χ1) is 29.5. The molecule has 4 aliphatic carbocycles. The Morgan fingerprint density at radius 2 is 1.13 bits per heavy atom. The summed E-state index contributed by atoms with van der Waals surface area (Å²) in [5, 5.41) is 2.30. The minimum Gasteiger partial charge on any atom is -0.456 e. The number of nitrogens with zero attached hydrogens (tertiary/aromatic N) is 1. The highest BCUT2D eigenvalue weighted by Crippen LogP contribution is 2.66. The van der Waals surface area contributed by atoms with Gasteiger partial charge in [0.05, 0.1) is 5.69 Å². The van der Waals surface area contributed by atoms with Gasteiger partial charge in [0.15, 0.2) is 0 Å². The number of hydrogen-bond acceptors (Lipinski definition) is 2. The van der Waals surface area contributed by atoms with Crippen molar-refractivity contribution >= 4 is 39.0 Å². The van der Waals surface area contributed by atoms with Crippen LogP contribution >= 0.6 is 0 Å². The lowest BCUT2D eigenvalue weighted by Crippen LogP contribution is -2.32. The first kappa shape index (κ1) is 34.2. The van der Waals surface area contributed by atoms with E-state index in [1.54, 1.807) is 5.56 Å². The van der Waals surface area contributed by atoms with Gasteiger partial charge in [0, 0.05) is 38.5 Å². The largest absolute Gasteiger partial charge is 0.456 e. The second-order valence-corrected chi connectivity index (χ2v) is 18.4. The molecule has 2 nitrogen and oxygen atoms in total. The molecule has 3 atom stereocenters. The van der Waals surface area contributed by atoms with Crippen LogP contribution in [0, 0.1) is 11.8 Å². The molecule has 0 amide bonds. The van der Waals surface area contributed by atoms with Crippen molar-refractivity contribution in [1.82, 2.24) is 0 Å². The van der Waals surface area contributed by atoms with Crippen LogP contribution in [0.1, 0.15) is 61.8 Å². The molecular weight excluding hydrogens is 727 g/mol. The molecule has 9 aromatic rings. The molecule has 2 fully saturated rings. The zero-order chi connectivity index (χ0) is 39.7. The normalized spacial score (nSPS) is 20.1. The van der Waals surface area contributed by atoms with E-state index in [0.717, 1.165) is 33.5 Å². The fourth-order valence-corrected chi connectivity index (χ4v) is 12.7. The number of hydrogen-bond donors (Lipinski definition) is 0. The Morgan fingerprint density at radius 1 is 0.500 bits per heavy atom. The quantitative estimate of drug-likeness (QED) is 0.173. The molecule has 3 unspecified atom stereocenters. The van der Waals surface area contributed by atoms with Gasteiger partial charge in [0.25, 0.3) is 0 Å². The molecule has 13 rings (SSSR count). The predicted molar refractivity (Wildman–Crippen MR) is 249 cm³/mol. The fourth-order valence-electron chi connectivity index (χ4n) is 12.7. The summed E-state index contributed by atoms with van der Waals surface area (Å²) in [6.45, 7) is 4.80. The summed E-state index contributed by atoms with van der Waals surface area (Å²) in [6, 6.07) is 65.9. The number of anilines is 3. The molecule has 0 saturated heterocycles. The average molecular weight is 772 g/mol. The van der Waals surface area contributed by atoms with E-state index in [4.69, 9.17) is 4.42 Å². The van der Waals surface area contributed by atoms with Crippen molar-refractivity contribution in [3.63, 3.8) is 0 Å². The van der Waals surface area contributed by atoms with E-state index in [0.29, 0.717) is 5.92 Å². The third-order valence-electron chi connectivity index (χ3n) is 15.1. The lowest BCUT2D eigenvalue weighted by Gasteiger charge is -2.37. The van der Waals surface area contributed by atoms with E-state index in [-0.39, 0.29) is 10.8 Å². The van der Waals surface area contributed by atoms with Crippen LogP contribution in [0.3, 0.4) is 0 Å². The van der Waals surface area contributed by atoms with Crippen molar-refractivity contribution in [2.24, 2.45) is 11.8 Å². The molecule has 0 radical (unpaired) electrons. The van der Waals surface area contributed by atoms with Crippen molar-refractivity contribution in [1.29, 1.82) is 0 Å². The van der Waals surface area contributed by atoms with E-state index in [1.807, 2.05) is 0 Å². The number of benzene rings is 8. The van der Waals surface area contributed by atoms with Crippen molar-refractivity contribution in [3.05, 3.63) is 198 Å². The highest BCUT2D eigenvalue weighted by molar-refractivity contribution is 6.12. The van der Waals surface area contributed by atoms with Crippen molar-refractivity contribution in [3.8, 4) is 44.5 Å². The number of para-hydroxylation sites is 2. The smallest absolute Gasteiger partial charge is 0.136 e. The van der Waals surface area contributed by atoms with Gasteiger partial charge in [0.1, 0.15) is 11.2 Å². The molecule has 0 aliphatic heterocycles. The molecule has 1 spiro atoms. The molecule has 2 heteroatoms.